The van der Waals surface area contributed by atoms with Gasteiger partial charge < -0.3 is 5.32 Å². The second kappa shape index (κ2) is 5.73. The highest BCUT2D eigenvalue weighted by Crippen LogP contribution is 2.49. The third-order valence-corrected chi connectivity index (χ3v) is 4.52. The van der Waals surface area contributed by atoms with Gasteiger partial charge in [-0.3, -0.25) is 15.0 Å². The first-order valence-electron chi connectivity index (χ1n) is 7.54. The molecule has 0 bridgehead atoms. The average Bonchev–Trinajstić information content (AvgIpc) is 2.85. The molecule has 0 aliphatic carbocycles. The minimum Gasteiger partial charge on any atom is -0.375 e. The molecule has 1 aliphatic heterocycles. The van der Waals surface area contributed by atoms with E-state index in [0.29, 0.717) is 11.4 Å². The highest BCUT2D eigenvalue weighted by Gasteiger charge is 2.43. The second-order valence-electron chi connectivity index (χ2n) is 6.44. The Bertz CT molecular complexity index is 817. The molecule has 0 saturated carbocycles. The van der Waals surface area contributed by atoms with Crippen molar-refractivity contribution >= 4 is 11.6 Å². The molecule has 8 heteroatoms. The predicted octanol–water partition coefficient (Wildman–Crippen LogP) is 3.66. The van der Waals surface area contributed by atoms with E-state index in [9.17, 15) is 18.0 Å². The topological polar surface area (TPSA) is 74.2 Å². The summed E-state index contributed by atoms with van der Waals surface area (Å²) in [7, 11) is 0. The molecule has 1 aliphatic rings. The molecule has 1 amide bonds. The number of para-hydroxylation sites is 1. The third kappa shape index (κ3) is 2.82. The van der Waals surface area contributed by atoms with E-state index in [4.69, 9.17) is 5.21 Å². The SMILES string of the molecule is CC1(C)c2cccc(C(=O)NO)c2NC1c1ccc(C(F)(F)F)cn1. The van der Waals surface area contributed by atoms with Crippen LogP contribution in [0.3, 0.4) is 0 Å². The summed E-state index contributed by atoms with van der Waals surface area (Å²) in [6.07, 6.45) is -3.64. The molecule has 2 aromatic rings. The van der Waals surface area contributed by atoms with Crippen LogP contribution in [0.5, 0.6) is 0 Å². The number of fused-ring (bicyclic) bond motifs is 1. The van der Waals surface area contributed by atoms with Crippen molar-refractivity contribution in [2.24, 2.45) is 0 Å². The van der Waals surface area contributed by atoms with E-state index in [0.717, 1.165) is 17.8 Å². The number of anilines is 1. The molecule has 3 rings (SSSR count). The van der Waals surface area contributed by atoms with E-state index in [1.165, 1.54) is 6.07 Å². The van der Waals surface area contributed by atoms with Gasteiger partial charge in [0, 0.05) is 11.6 Å². The van der Waals surface area contributed by atoms with Gasteiger partial charge in [0.05, 0.1) is 28.6 Å². The zero-order valence-corrected chi connectivity index (χ0v) is 13.5. The van der Waals surface area contributed by atoms with Gasteiger partial charge in [0.2, 0.25) is 0 Å². The standard InChI is InChI=1S/C17H16F3N3O2/c1-16(2)11-5-3-4-10(15(24)23-25)13(11)22-14(16)12-7-6-9(8-21-12)17(18,19)20/h3-8,14,22,25H,1-2H3,(H,23,24). The van der Waals surface area contributed by atoms with Gasteiger partial charge in [-0.15, -0.1) is 0 Å². The number of amides is 1. The Morgan fingerprint density at radius 1 is 1.28 bits per heavy atom. The summed E-state index contributed by atoms with van der Waals surface area (Å²) in [5, 5.41) is 12.1. The first kappa shape index (κ1) is 17.2. The molecule has 2 heterocycles. The maximum Gasteiger partial charge on any atom is 0.417 e. The van der Waals surface area contributed by atoms with Crippen LogP contribution >= 0.6 is 0 Å². The van der Waals surface area contributed by atoms with Gasteiger partial charge in [0.25, 0.3) is 5.91 Å². The van der Waals surface area contributed by atoms with E-state index in [-0.39, 0.29) is 5.56 Å². The van der Waals surface area contributed by atoms with Gasteiger partial charge >= 0.3 is 6.18 Å². The Labute approximate surface area is 141 Å². The lowest BCUT2D eigenvalue weighted by atomic mass is 9.79. The largest absolute Gasteiger partial charge is 0.417 e. The van der Waals surface area contributed by atoms with Crippen LogP contribution in [0, 0.1) is 0 Å². The average molecular weight is 351 g/mol. The van der Waals surface area contributed by atoms with Crippen molar-refractivity contribution in [1.82, 2.24) is 10.5 Å². The molecule has 0 fully saturated rings. The number of carbonyl (C=O) groups excluding carboxylic acids is 1. The quantitative estimate of drug-likeness (QED) is 0.570. The Balaban J connectivity index is 2.01. The number of pyridine rings is 1. The van der Waals surface area contributed by atoms with Crippen LogP contribution in [-0.4, -0.2) is 16.1 Å². The minimum atomic E-state index is -4.44. The predicted molar refractivity (Wildman–Crippen MR) is 84.3 cm³/mol. The van der Waals surface area contributed by atoms with Gasteiger partial charge in [-0.25, -0.2) is 5.48 Å². The first-order valence-corrected chi connectivity index (χ1v) is 7.54. The fourth-order valence-electron chi connectivity index (χ4n) is 3.16. The Kier molecular flexibility index (Phi) is 3.95. The van der Waals surface area contributed by atoms with Crippen LogP contribution < -0.4 is 10.8 Å². The lowest BCUT2D eigenvalue weighted by Gasteiger charge is -2.27. The normalized spacial score (nSPS) is 18.4. The molecular formula is C17H16F3N3O2. The molecule has 3 N–H and O–H groups in total. The lowest BCUT2D eigenvalue weighted by molar-refractivity contribution is -0.137. The van der Waals surface area contributed by atoms with Crippen molar-refractivity contribution in [3.05, 3.63) is 58.9 Å². The highest BCUT2D eigenvalue weighted by molar-refractivity contribution is 6.00. The molecule has 5 nitrogen and oxygen atoms in total. The Morgan fingerprint density at radius 3 is 2.56 bits per heavy atom. The van der Waals surface area contributed by atoms with Gasteiger partial charge in [0.1, 0.15) is 0 Å². The number of nitrogens with zero attached hydrogens (tertiary/aromatic N) is 1. The van der Waals surface area contributed by atoms with E-state index in [1.54, 1.807) is 17.6 Å². The van der Waals surface area contributed by atoms with Crippen molar-refractivity contribution in [3.8, 4) is 0 Å². The number of benzene rings is 1. The number of halogens is 3. The van der Waals surface area contributed by atoms with Crippen LogP contribution in [0.4, 0.5) is 18.9 Å². The van der Waals surface area contributed by atoms with E-state index >= 15 is 0 Å². The Hall–Kier alpha value is -2.61. The van der Waals surface area contributed by atoms with Crippen molar-refractivity contribution < 1.29 is 23.2 Å². The second-order valence-corrected chi connectivity index (χ2v) is 6.44. The number of aromatic nitrogens is 1. The van der Waals surface area contributed by atoms with Crippen molar-refractivity contribution in [1.29, 1.82) is 0 Å². The van der Waals surface area contributed by atoms with E-state index in [1.807, 2.05) is 19.9 Å². The van der Waals surface area contributed by atoms with Gasteiger partial charge in [-0.2, -0.15) is 13.2 Å². The van der Waals surface area contributed by atoms with Crippen molar-refractivity contribution in [3.63, 3.8) is 0 Å². The summed E-state index contributed by atoms with van der Waals surface area (Å²) in [6.45, 7) is 3.83. The number of hydrogen-bond donors (Lipinski definition) is 3. The van der Waals surface area contributed by atoms with Crippen LogP contribution in [0.2, 0.25) is 0 Å². The Morgan fingerprint density at radius 2 is 2.00 bits per heavy atom. The first-order chi connectivity index (χ1) is 11.7. The van der Waals surface area contributed by atoms with Crippen LogP contribution in [0.25, 0.3) is 0 Å². The minimum absolute atomic E-state index is 0.252. The van der Waals surface area contributed by atoms with E-state index < -0.39 is 29.1 Å². The van der Waals surface area contributed by atoms with Crippen molar-refractivity contribution in [2.75, 3.05) is 5.32 Å². The monoisotopic (exact) mass is 351 g/mol. The van der Waals surface area contributed by atoms with Gasteiger partial charge in [-0.1, -0.05) is 26.0 Å². The number of alkyl halides is 3. The van der Waals surface area contributed by atoms with E-state index in [2.05, 4.69) is 10.3 Å². The molecule has 1 atom stereocenters. The number of hydroxylamine groups is 1. The summed E-state index contributed by atoms with van der Waals surface area (Å²) < 4.78 is 38.2. The summed E-state index contributed by atoms with van der Waals surface area (Å²) in [5.41, 5.74) is 2.30. The molecule has 0 spiro atoms. The molecule has 1 aromatic carbocycles. The van der Waals surface area contributed by atoms with Crippen LogP contribution in [-0.2, 0) is 11.6 Å². The highest BCUT2D eigenvalue weighted by atomic mass is 19.4. The van der Waals surface area contributed by atoms with Crippen molar-refractivity contribution in [2.45, 2.75) is 31.5 Å². The number of carbonyl (C=O) groups is 1. The van der Waals surface area contributed by atoms with Gasteiger partial charge in [0.15, 0.2) is 0 Å². The zero-order chi connectivity index (χ0) is 18.4. The molecular weight excluding hydrogens is 335 g/mol. The third-order valence-electron chi connectivity index (χ3n) is 4.52. The summed E-state index contributed by atoms with van der Waals surface area (Å²) >= 11 is 0. The maximum atomic E-state index is 12.7. The fraction of sp³-hybridized carbons (Fsp3) is 0.294. The molecule has 0 radical (unpaired) electrons. The van der Waals surface area contributed by atoms with Crippen LogP contribution in [0.15, 0.2) is 36.5 Å². The molecule has 0 saturated heterocycles. The number of nitrogens with one attached hydrogen (secondary N) is 2. The summed E-state index contributed by atoms with van der Waals surface area (Å²) in [4.78, 5) is 15.8. The fourth-order valence-corrected chi connectivity index (χ4v) is 3.16. The lowest BCUT2D eigenvalue weighted by Crippen LogP contribution is -2.26. The summed E-state index contributed by atoms with van der Waals surface area (Å²) in [5.74, 6) is -0.666. The van der Waals surface area contributed by atoms with Gasteiger partial charge in [-0.05, 0) is 23.8 Å². The maximum absolute atomic E-state index is 12.7. The molecule has 25 heavy (non-hydrogen) atoms. The molecule has 1 unspecified atom stereocenters. The van der Waals surface area contributed by atoms with Crippen LogP contribution in [0.1, 0.15) is 47.1 Å². The smallest absolute Gasteiger partial charge is 0.375 e. The number of hydrogen-bond acceptors (Lipinski definition) is 4. The number of rotatable bonds is 2. The summed E-state index contributed by atoms with van der Waals surface area (Å²) in [6, 6.07) is 6.98. The molecule has 1 aromatic heterocycles. The zero-order valence-electron chi connectivity index (χ0n) is 13.5. The molecule has 132 valence electrons.